The Labute approximate surface area is 116 Å². The maximum absolute atomic E-state index is 11.7. The van der Waals surface area contributed by atoms with Gasteiger partial charge in [0, 0.05) is 22.9 Å². The van der Waals surface area contributed by atoms with Gasteiger partial charge in [0.2, 0.25) is 5.90 Å². The second kappa shape index (κ2) is 4.81. The van der Waals surface area contributed by atoms with E-state index in [0.29, 0.717) is 11.3 Å². The number of aliphatic imine (C=N–C) groups is 1. The minimum absolute atomic E-state index is 0.199. The average molecular weight is 319 g/mol. The van der Waals surface area contributed by atoms with Gasteiger partial charge in [-0.1, -0.05) is 0 Å². The number of esters is 1. The third kappa shape index (κ3) is 2.48. The van der Waals surface area contributed by atoms with Gasteiger partial charge in [-0.15, -0.1) is 0 Å². The first-order valence-electron chi connectivity index (χ1n) is 5.39. The number of carbonyl (C=O) groups excluding carboxylic acids is 1. The Hall–Kier alpha value is -2.21. The number of nitrogens with zero attached hydrogens (tertiary/aromatic N) is 2. The number of carbonyl (C=O) groups is 1. The second-order valence-electron chi connectivity index (χ2n) is 3.74. The lowest BCUT2D eigenvalue weighted by Gasteiger charge is -1.98. The number of hydrogen-bond acceptors (Lipinski definition) is 5. The topological polar surface area (TPSA) is 64.7 Å². The third-order valence-electron chi connectivity index (χ3n) is 2.39. The molecule has 2 aromatic rings. The molecule has 0 radical (unpaired) electrons. The fourth-order valence-electron chi connectivity index (χ4n) is 1.57. The summed E-state index contributed by atoms with van der Waals surface area (Å²) in [5.41, 5.74) is 0.829. The van der Waals surface area contributed by atoms with E-state index in [2.05, 4.69) is 25.9 Å². The number of furan rings is 1. The number of halogens is 1. The van der Waals surface area contributed by atoms with Crippen LogP contribution in [0.25, 0.3) is 6.08 Å². The fourth-order valence-corrected chi connectivity index (χ4v) is 1.93. The van der Waals surface area contributed by atoms with Crippen LogP contribution in [0.3, 0.4) is 0 Å². The average Bonchev–Trinajstić information content (AvgIpc) is 3.01. The molecule has 0 unspecified atom stereocenters. The minimum Gasteiger partial charge on any atom is -0.465 e. The van der Waals surface area contributed by atoms with Crippen LogP contribution in [-0.4, -0.2) is 16.9 Å². The van der Waals surface area contributed by atoms with Crippen molar-refractivity contribution >= 4 is 33.9 Å². The molecule has 0 fully saturated rings. The van der Waals surface area contributed by atoms with Crippen LogP contribution in [0.15, 0.2) is 56.4 Å². The molecule has 19 heavy (non-hydrogen) atoms. The number of ether oxygens (including phenoxy) is 1. The standard InChI is InChI=1S/C13H7BrN2O3/c14-9-4-8(6-15-7-9)12-16-11(13(17)19-12)5-10-2-1-3-18-10/h1-7H. The zero-order valence-corrected chi connectivity index (χ0v) is 11.1. The lowest BCUT2D eigenvalue weighted by Crippen LogP contribution is -2.05. The summed E-state index contributed by atoms with van der Waals surface area (Å²) in [4.78, 5) is 19.8. The van der Waals surface area contributed by atoms with Crippen LogP contribution in [0.2, 0.25) is 0 Å². The third-order valence-corrected chi connectivity index (χ3v) is 2.83. The second-order valence-corrected chi connectivity index (χ2v) is 4.66. The summed E-state index contributed by atoms with van der Waals surface area (Å²) in [5, 5.41) is 0. The van der Waals surface area contributed by atoms with Crippen molar-refractivity contribution in [1.82, 2.24) is 4.98 Å². The highest BCUT2D eigenvalue weighted by Crippen LogP contribution is 2.20. The van der Waals surface area contributed by atoms with Crippen molar-refractivity contribution in [3.05, 3.63) is 58.3 Å². The van der Waals surface area contributed by atoms with Crippen LogP contribution in [-0.2, 0) is 9.53 Å². The quantitative estimate of drug-likeness (QED) is 0.631. The SMILES string of the molecule is O=C1OC(c2cncc(Br)c2)=NC1=Cc1ccco1. The molecule has 0 aromatic carbocycles. The van der Waals surface area contributed by atoms with E-state index in [-0.39, 0.29) is 11.6 Å². The molecule has 2 aromatic heterocycles. The molecular formula is C13H7BrN2O3. The minimum atomic E-state index is -0.508. The van der Waals surface area contributed by atoms with E-state index >= 15 is 0 Å². The van der Waals surface area contributed by atoms with Crippen molar-refractivity contribution in [3.8, 4) is 0 Å². The molecule has 6 heteroatoms. The highest BCUT2D eigenvalue weighted by atomic mass is 79.9. The molecule has 3 heterocycles. The lowest BCUT2D eigenvalue weighted by atomic mass is 10.3. The largest absolute Gasteiger partial charge is 0.465 e. The Bertz CT molecular complexity index is 690. The van der Waals surface area contributed by atoms with Gasteiger partial charge in [0.1, 0.15) is 5.76 Å². The van der Waals surface area contributed by atoms with Gasteiger partial charge in [0.15, 0.2) is 5.70 Å². The van der Waals surface area contributed by atoms with Crippen molar-refractivity contribution in [2.24, 2.45) is 4.99 Å². The van der Waals surface area contributed by atoms with E-state index in [0.717, 1.165) is 4.47 Å². The molecular weight excluding hydrogens is 312 g/mol. The number of rotatable bonds is 2. The lowest BCUT2D eigenvalue weighted by molar-refractivity contribution is -0.129. The monoisotopic (exact) mass is 318 g/mol. The van der Waals surface area contributed by atoms with E-state index in [1.54, 1.807) is 30.6 Å². The van der Waals surface area contributed by atoms with E-state index in [9.17, 15) is 4.79 Å². The van der Waals surface area contributed by atoms with Crippen molar-refractivity contribution < 1.29 is 13.9 Å². The van der Waals surface area contributed by atoms with Gasteiger partial charge >= 0.3 is 5.97 Å². The smallest absolute Gasteiger partial charge is 0.363 e. The summed E-state index contributed by atoms with van der Waals surface area (Å²) in [7, 11) is 0. The Morgan fingerprint density at radius 1 is 1.32 bits per heavy atom. The van der Waals surface area contributed by atoms with Crippen LogP contribution in [0, 0.1) is 0 Å². The number of aromatic nitrogens is 1. The molecule has 0 bridgehead atoms. The Balaban J connectivity index is 1.95. The Morgan fingerprint density at radius 3 is 2.95 bits per heavy atom. The molecule has 3 rings (SSSR count). The summed E-state index contributed by atoms with van der Waals surface area (Å²) in [6, 6.07) is 5.24. The number of hydrogen-bond donors (Lipinski definition) is 0. The first-order valence-corrected chi connectivity index (χ1v) is 6.19. The molecule has 0 atom stereocenters. The Morgan fingerprint density at radius 2 is 2.21 bits per heavy atom. The highest BCUT2D eigenvalue weighted by molar-refractivity contribution is 9.10. The van der Waals surface area contributed by atoms with E-state index in [1.165, 1.54) is 12.3 Å². The predicted molar refractivity (Wildman–Crippen MR) is 71.3 cm³/mol. The van der Waals surface area contributed by atoms with Crippen molar-refractivity contribution in [1.29, 1.82) is 0 Å². The predicted octanol–water partition coefficient (Wildman–Crippen LogP) is 2.78. The van der Waals surface area contributed by atoms with Crippen LogP contribution < -0.4 is 0 Å². The van der Waals surface area contributed by atoms with Gasteiger partial charge in [-0.05, 0) is 34.1 Å². The number of cyclic esters (lactones) is 1. The van der Waals surface area contributed by atoms with Crippen LogP contribution >= 0.6 is 15.9 Å². The zero-order valence-electron chi connectivity index (χ0n) is 9.54. The molecule has 0 aliphatic carbocycles. The fraction of sp³-hybridized carbons (Fsp3) is 0. The van der Waals surface area contributed by atoms with Gasteiger partial charge in [0.25, 0.3) is 0 Å². The maximum Gasteiger partial charge on any atom is 0.363 e. The maximum atomic E-state index is 11.7. The van der Waals surface area contributed by atoms with Gasteiger partial charge in [-0.2, -0.15) is 0 Å². The molecule has 0 saturated heterocycles. The van der Waals surface area contributed by atoms with E-state index < -0.39 is 5.97 Å². The summed E-state index contributed by atoms with van der Waals surface area (Å²) in [6.07, 6.45) is 6.27. The molecule has 1 aliphatic rings. The van der Waals surface area contributed by atoms with Crippen LogP contribution in [0.5, 0.6) is 0 Å². The van der Waals surface area contributed by atoms with E-state index in [4.69, 9.17) is 9.15 Å². The molecule has 94 valence electrons. The zero-order chi connectivity index (χ0) is 13.2. The van der Waals surface area contributed by atoms with Crippen LogP contribution in [0.1, 0.15) is 11.3 Å². The number of pyridine rings is 1. The van der Waals surface area contributed by atoms with Crippen molar-refractivity contribution in [2.75, 3.05) is 0 Å². The summed E-state index contributed by atoms with van der Waals surface area (Å²) < 4.78 is 11.0. The van der Waals surface area contributed by atoms with E-state index in [1.807, 2.05) is 0 Å². The molecule has 5 nitrogen and oxygen atoms in total. The first kappa shape index (κ1) is 11.9. The highest BCUT2D eigenvalue weighted by Gasteiger charge is 2.24. The van der Waals surface area contributed by atoms with Crippen molar-refractivity contribution in [2.45, 2.75) is 0 Å². The van der Waals surface area contributed by atoms with Gasteiger partial charge in [-0.25, -0.2) is 9.79 Å². The normalized spacial score (nSPS) is 16.6. The van der Waals surface area contributed by atoms with Gasteiger partial charge < -0.3 is 9.15 Å². The molecule has 1 aliphatic heterocycles. The van der Waals surface area contributed by atoms with Crippen molar-refractivity contribution in [3.63, 3.8) is 0 Å². The Kier molecular flexibility index (Phi) is 3.00. The molecule has 0 spiro atoms. The summed E-state index contributed by atoms with van der Waals surface area (Å²) in [6.45, 7) is 0. The molecule has 0 amide bonds. The molecule has 0 N–H and O–H groups in total. The van der Waals surface area contributed by atoms with Gasteiger partial charge in [-0.3, -0.25) is 4.98 Å². The first-order chi connectivity index (χ1) is 9.22. The van der Waals surface area contributed by atoms with Gasteiger partial charge in [0.05, 0.1) is 11.8 Å². The molecule has 0 saturated carbocycles. The summed E-state index contributed by atoms with van der Waals surface area (Å²) >= 11 is 3.30. The van der Waals surface area contributed by atoms with Crippen LogP contribution in [0.4, 0.5) is 0 Å². The summed E-state index contributed by atoms with van der Waals surface area (Å²) in [5.74, 6) is 0.271.